The van der Waals surface area contributed by atoms with E-state index in [2.05, 4.69) is 59.6 Å². The number of benzene rings is 2. The SMILES string of the molecule is C(=Cc1cc(-c2ccccc2)cc(-c2ccccc2)n1)c1ccncc1. The lowest BCUT2D eigenvalue weighted by atomic mass is 10.0. The second kappa shape index (κ2) is 7.58. The van der Waals surface area contributed by atoms with Gasteiger partial charge in [0.2, 0.25) is 0 Å². The van der Waals surface area contributed by atoms with Gasteiger partial charge in [-0.2, -0.15) is 0 Å². The van der Waals surface area contributed by atoms with Crippen molar-refractivity contribution in [1.82, 2.24) is 9.97 Å². The molecule has 26 heavy (non-hydrogen) atoms. The van der Waals surface area contributed by atoms with E-state index in [1.807, 2.05) is 42.5 Å². The number of aromatic nitrogens is 2. The van der Waals surface area contributed by atoms with Crippen molar-refractivity contribution in [3.63, 3.8) is 0 Å². The molecule has 2 aromatic carbocycles. The number of hydrogen-bond donors (Lipinski definition) is 0. The Labute approximate surface area is 153 Å². The fourth-order valence-electron chi connectivity index (χ4n) is 2.85. The second-order valence-corrected chi connectivity index (χ2v) is 6.01. The van der Waals surface area contributed by atoms with E-state index in [1.54, 1.807) is 12.4 Å². The van der Waals surface area contributed by atoms with Gasteiger partial charge in [0.05, 0.1) is 11.4 Å². The maximum absolute atomic E-state index is 4.84. The van der Waals surface area contributed by atoms with Crippen molar-refractivity contribution in [3.05, 3.63) is 109 Å². The Kier molecular flexibility index (Phi) is 4.66. The fourth-order valence-corrected chi connectivity index (χ4v) is 2.85. The molecule has 2 nitrogen and oxygen atoms in total. The molecule has 0 bridgehead atoms. The van der Waals surface area contributed by atoms with E-state index < -0.39 is 0 Å². The van der Waals surface area contributed by atoms with Crippen LogP contribution in [0.1, 0.15) is 11.3 Å². The first-order chi connectivity index (χ1) is 12.9. The van der Waals surface area contributed by atoms with E-state index in [0.29, 0.717) is 0 Å². The Balaban J connectivity index is 1.79. The number of hydrogen-bond acceptors (Lipinski definition) is 2. The van der Waals surface area contributed by atoms with Crippen LogP contribution in [-0.4, -0.2) is 9.97 Å². The molecule has 2 heteroatoms. The van der Waals surface area contributed by atoms with Gasteiger partial charge in [-0.15, -0.1) is 0 Å². The summed E-state index contributed by atoms with van der Waals surface area (Å²) in [6.45, 7) is 0. The topological polar surface area (TPSA) is 25.8 Å². The van der Waals surface area contributed by atoms with Crippen LogP contribution in [0.2, 0.25) is 0 Å². The van der Waals surface area contributed by atoms with E-state index >= 15 is 0 Å². The standard InChI is InChI=1S/C24H18N2/c1-3-7-20(8-4-1)22-17-23(12-11-19-13-15-25-16-14-19)26-24(18-22)21-9-5-2-6-10-21/h1-18H. The molecule has 2 aromatic heterocycles. The van der Waals surface area contributed by atoms with Crippen LogP contribution < -0.4 is 0 Å². The monoisotopic (exact) mass is 334 g/mol. The van der Waals surface area contributed by atoms with E-state index in [4.69, 9.17) is 4.98 Å². The molecular weight excluding hydrogens is 316 g/mol. The van der Waals surface area contributed by atoms with Gasteiger partial charge in [0.1, 0.15) is 0 Å². The number of nitrogens with zero attached hydrogens (tertiary/aromatic N) is 2. The summed E-state index contributed by atoms with van der Waals surface area (Å²) in [6.07, 6.45) is 7.70. The van der Waals surface area contributed by atoms with E-state index in [-0.39, 0.29) is 0 Å². The molecular formula is C24H18N2. The third-order valence-corrected chi connectivity index (χ3v) is 4.17. The Morgan fingerprint density at radius 1 is 0.577 bits per heavy atom. The first kappa shape index (κ1) is 16.0. The van der Waals surface area contributed by atoms with Crippen LogP contribution in [0.3, 0.4) is 0 Å². The average molecular weight is 334 g/mol. The summed E-state index contributed by atoms with van der Waals surface area (Å²) in [6, 6.07) is 28.9. The molecule has 0 aliphatic heterocycles. The molecule has 0 fully saturated rings. The Morgan fingerprint density at radius 2 is 1.23 bits per heavy atom. The summed E-state index contributed by atoms with van der Waals surface area (Å²) in [4.78, 5) is 8.90. The summed E-state index contributed by atoms with van der Waals surface area (Å²) in [7, 11) is 0. The number of rotatable bonds is 4. The summed E-state index contributed by atoms with van der Waals surface area (Å²) < 4.78 is 0. The van der Waals surface area contributed by atoms with Crippen LogP contribution in [0.25, 0.3) is 34.5 Å². The minimum absolute atomic E-state index is 0.932. The minimum atomic E-state index is 0.932. The Bertz CT molecular complexity index is 950. The largest absolute Gasteiger partial charge is 0.265 e. The van der Waals surface area contributed by atoms with Gasteiger partial charge in [-0.25, -0.2) is 4.98 Å². The smallest absolute Gasteiger partial charge is 0.0715 e. The molecule has 0 amide bonds. The fraction of sp³-hybridized carbons (Fsp3) is 0. The van der Waals surface area contributed by atoms with Crippen molar-refractivity contribution in [2.24, 2.45) is 0 Å². The molecule has 4 rings (SSSR count). The molecule has 124 valence electrons. The van der Waals surface area contributed by atoms with Gasteiger partial charge in [0, 0.05) is 18.0 Å². The highest BCUT2D eigenvalue weighted by Gasteiger charge is 2.05. The van der Waals surface area contributed by atoms with Gasteiger partial charge in [0.15, 0.2) is 0 Å². The minimum Gasteiger partial charge on any atom is -0.265 e. The van der Waals surface area contributed by atoms with Crippen molar-refractivity contribution in [3.8, 4) is 22.4 Å². The Morgan fingerprint density at radius 3 is 1.92 bits per heavy atom. The van der Waals surface area contributed by atoms with Crippen LogP contribution in [-0.2, 0) is 0 Å². The van der Waals surface area contributed by atoms with Crippen molar-refractivity contribution < 1.29 is 0 Å². The first-order valence-electron chi connectivity index (χ1n) is 8.59. The van der Waals surface area contributed by atoms with Crippen LogP contribution in [0.15, 0.2) is 97.3 Å². The van der Waals surface area contributed by atoms with Crippen molar-refractivity contribution >= 4 is 12.2 Å². The average Bonchev–Trinajstić information content (AvgIpc) is 2.74. The highest BCUT2D eigenvalue weighted by atomic mass is 14.7. The van der Waals surface area contributed by atoms with Crippen LogP contribution >= 0.6 is 0 Å². The van der Waals surface area contributed by atoms with Crippen LogP contribution in [0.4, 0.5) is 0 Å². The van der Waals surface area contributed by atoms with Crippen molar-refractivity contribution in [2.75, 3.05) is 0 Å². The summed E-state index contributed by atoms with van der Waals surface area (Å²) in [5.41, 5.74) is 6.47. The zero-order chi connectivity index (χ0) is 17.6. The predicted molar refractivity (Wildman–Crippen MR) is 108 cm³/mol. The van der Waals surface area contributed by atoms with Gasteiger partial charge in [-0.3, -0.25) is 4.98 Å². The summed E-state index contributed by atoms with van der Waals surface area (Å²) in [5, 5.41) is 0. The van der Waals surface area contributed by atoms with Gasteiger partial charge in [-0.1, -0.05) is 66.7 Å². The van der Waals surface area contributed by atoms with Gasteiger partial charge < -0.3 is 0 Å². The quantitative estimate of drug-likeness (QED) is 0.459. The lowest BCUT2D eigenvalue weighted by Crippen LogP contribution is -1.90. The molecule has 0 N–H and O–H groups in total. The zero-order valence-corrected chi connectivity index (χ0v) is 14.3. The normalized spacial score (nSPS) is 10.9. The molecule has 0 atom stereocenters. The third kappa shape index (κ3) is 3.76. The lowest BCUT2D eigenvalue weighted by Gasteiger charge is -2.08. The zero-order valence-electron chi connectivity index (χ0n) is 14.3. The van der Waals surface area contributed by atoms with Crippen LogP contribution in [0, 0.1) is 0 Å². The van der Waals surface area contributed by atoms with Gasteiger partial charge in [-0.05, 0) is 47.0 Å². The molecule has 0 aliphatic rings. The maximum Gasteiger partial charge on any atom is 0.0715 e. The molecule has 0 saturated heterocycles. The van der Waals surface area contributed by atoms with Gasteiger partial charge in [0.25, 0.3) is 0 Å². The molecule has 0 saturated carbocycles. The van der Waals surface area contributed by atoms with Crippen LogP contribution in [0.5, 0.6) is 0 Å². The molecule has 0 aliphatic carbocycles. The molecule has 0 unspecified atom stereocenters. The van der Waals surface area contributed by atoms with Crippen molar-refractivity contribution in [2.45, 2.75) is 0 Å². The third-order valence-electron chi connectivity index (χ3n) is 4.17. The van der Waals surface area contributed by atoms with Gasteiger partial charge >= 0.3 is 0 Å². The molecule has 0 spiro atoms. The highest BCUT2D eigenvalue weighted by Crippen LogP contribution is 2.26. The summed E-state index contributed by atoms with van der Waals surface area (Å²) in [5.74, 6) is 0. The summed E-state index contributed by atoms with van der Waals surface area (Å²) >= 11 is 0. The van der Waals surface area contributed by atoms with E-state index in [9.17, 15) is 0 Å². The second-order valence-electron chi connectivity index (χ2n) is 6.01. The Hall–Kier alpha value is -3.52. The number of pyridine rings is 2. The maximum atomic E-state index is 4.84. The first-order valence-corrected chi connectivity index (χ1v) is 8.59. The van der Waals surface area contributed by atoms with Crippen molar-refractivity contribution in [1.29, 1.82) is 0 Å². The highest BCUT2D eigenvalue weighted by molar-refractivity contribution is 5.76. The predicted octanol–water partition coefficient (Wildman–Crippen LogP) is 5.98. The molecule has 4 aromatic rings. The lowest BCUT2D eigenvalue weighted by molar-refractivity contribution is 1.29. The molecule has 2 heterocycles. The van der Waals surface area contributed by atoms with E-state index in [1.165, 1.54) is 5.56 Å². The van der Waals surface area contributed by atoms with E-state index in [0.717, 1.165) is 28.1 Å². The molecule has 0 radical (unpaired) electrons.